The summed E-state index contributed by atoms with van der Waals surface area (Å²) >= 11 is 0. The van der Waals surface area contributed by atoms with Crippen LogP contribution in [0.2, 0.25) is 0 Å². The highest BCUT2D eigenvalue weighted by atomic mass is 15.2. The summed E-state index contributed by atoms with van der Waals surface area (Å²) in [7, 11) is 0. The number of benzene rings is 1. The Labute approximate surface area is 129 Å². The van der Waals surface area contributed by atoms with Crippen molar-refractivity contribution in [3.63, 3.8) is 0 Å². The fourth-order valence-electron chi connectivity index (χ4n) is 4.07. The van der Waals surface area contributed by atoms with Crippen LogP contribution in [0.1, 0.15) is 57.4 Å². The number of piperidine rings is 1. The first-order valence-corrected chi connectivity index (χ1v) is 8.77. The van der Waals surface area contributed by atoms with E-state index in [4.69, 9.17) is 0 Å². The molecule has 2 fully saturated rings. The summed E-state index contributed by atoms with van der Waals surface area (Å²) in [5.41, 5.74) is 1.51. The molecule has 0 aromatic heterocycles. The Bertz CT molecular complexity index is 420. The lowest BCUT2D eigenvalue weighted by Crippen LogP contribution is -2.52. The van der Waals surface area contributed by atoms with Crippen LogP contribution in [-0.4, -0.2) is 36.1 Å². The molecule has 2 heteroatoms. The molecule has 1 aromatic carbocycles. The Kier molecular flexibility index (Phi) is 4.97. The van der Waals surface area contributed by atoms with Crippen LogP contribution in [0.4, 0.5) is 0 Å². The lowest BCUT2D eigenvalue weighted by molar-refractivity contribution is 0.132. The van der Waals surface area contributed by atoms with Gasteiger partial charge in [0.05, 0.1) is 0 Å². The van der Waals surface area contributed by atoms with E-state index in [9.17, 15) is 0 Å². The molecule has 116 valence electrons. The first-order valence-electron chi connectivity index (χ1n) is 8.77. The average Bonchev–Trinajstić information content (AvgIpc) is 3.01. The summed E-state index contributed by atoms with van der Waals surface area (Å²) in [5, 5.41) is 3.96. The maximum absolute atomic E-state index is 3.96. The standard InChI is InChI=1S/C19H30N2/c1-15(2)21-13-17(16-8-4-3-5-9-16)12-19(14-21)20-18-10-6-7-11-18/h3-5,8-9,15,17-20H,6-7,10-14H2,1-2H3. The largest absolute Gasteiger partial charge is 0.310 e. The molecule has 21 heavy (non-hydrogen) atoms. The normalized spacial score (nSPS) is 28.3. The minimum atomic E-state index is 0.643. The maximum Gasteiger partial charge on any atom is 0.0204 e. The van der Waals surface area contributed by atoms with Gasteiger partial charge >= 0.3 is 0 Å². The molecule has 1 heterocycles. The van der Waals surface area contributed by atoms with E-state index < -0.39 is 0 Å². The summed E-state index contributed by atoms with van der Waals surface area (Å²) in [6.07, 6.45) is 6.90. The van der Waals surface area contributed by atoms with Gasteiger partial charge in [0, 0.05) is 31.2 Å². The van der Waals surface area contributed by atoms with E-state index in [2.05, 4.69) is 54.4 Å². The van der Waals surface area contributed by atoms with Gasteiger partial charge in [0.2, 0.25) is 0 Å². The van der Waals surface area contributed by atoms with Gasteiger partial charge in [0.25, 0.3) is 0 Å². The molecule has 3 rings (SSSR count). The predicted octanol–water partition coefficient (Wildman–Crippen LogP) is 3.79. The molecule has 1 aliphatic heterocycles. The molecule has 0 bridgehead atoms. The smallest absolute Gasteiger partial charge is 0.0204 e. The van der Waals surface area contributed by atoms with Crippen LogP contribution in [-0.2, 0) is 0 Å². The van der Waals surface area contributed by atoms with Gasteiger partial charge in [-0.15, -0.1) is 0 Å². The summed E-state index contributed by atoms with van der Waals surface area (Å²) in [4.78, 5) is 2.66. The number of nitrogens with one attached hydrogen (secondary N) is 1. The zero-order chi connectivity index (χ0) is 14.7. The van der Waals surface area contributed by atoms with Gasteiger partial charge in [-0.25, -0.2) is 0 Å². The minimum Gasteiger partial charge on any atom is -0.310 e. The molecule has 2 aliphatic rings. The highest BCUT2D eigenvalue weighted by Crippen LogP contribution is 2.29. The van der Waals surface area contributed by atoms with E-state index in [-0.39, 0.29) is 0 Å². The fraction of sp³-hybridized carbons (Fsp3) is 0.684. The van der Waals surface area contributed by atoms with Crippen LogP contribution in [0.15, 0.2) is 30.3 Å². The molecule has 0 spiro atoms. The van der Waals surface area contributed by atoms with E-state index in [0.717, 1.165) is 6.04 Å². The monoisotopic (exact) mass is 286 g/mol. The third-order valence-electron chi connectivity index (χ3n) is 5.31. The average molecular weight is 286 g/mol. The van der Waals surface area contributed by atoms with Crippen LogP contribution in [0.3, 0.4) is 0 Å². The summed E-state index contributed by atoms with van der Waals surface area (Å²) < 4.78 is 0. The SMILES string of the molecule is CC(C)N1CC(NC2CCCC2)CC(c2ccccc2)C1. The zero-order valence-electron chi connectivity index (χ0n) is 13.6. The first kappa shape index (κ1) is 15.1. The lowest BCUT2D eigenvalue weighted by atomic mass is 9.87. The summed E-state index contributed by atoms with van der Waals surface area (Å²) in [6, 6.07) is 13.2. The summed E-state index contributed by atoms with van der Waals surface area (Å²) in [5.74, 6) is 0.682. The van der Waals surface area contributed by atoms with Crippen molar-refractivity contribution in [2.45, 2.75) is 70.0 Å². The third kappa shape index (κ3) is 3.87. The van der Waals surface area contributed by atoms with E-state index >= 15 is 0 Å². The van der Waals surface area contributed by atoms with Gasteiger partial charge < -0.3 is 5.32 Å². The molecule has 2 nitrogen and oxygen atoms in total. The number of hydrogen-bond donors (Lipinski definition) is 1. The van der Waals surface area contributed by atoms with Gasteiger partial charge in [-0.1, -0.05) is 43.2 Å². The van der Waals surface area contributed by atoms with Crippen molar-refractivity contribution >= 4 is 0 Å². The van der Waals surface area contributed by atoms with Gasteiger partial charge in [0.1, 0.15) is 0 Å². The number of rotatable bonds is 4. The predicted molar refractivity (Wildman–Crippen MR) is 89.7 cm³/mol. The molecule has 1 saturated heterocycles. The van der Waals surface area contributed by atoms with E-state index in [1.165, 1.54) is 50.8 Å². The number of nitrogens with zero attached hydrogens (tertiary/aromatic N) is 1. The Morgan fingerprint density at radius 1 is 1.00 bits per heavy atom. The Hall–Kier alpha value is -0.860. The van der Waals surface area contributed by atoms with Gasteiger partial charge in [-0.2, -0.15) is 0 Å². The molecular weight excluding hydrogens is 256 g/mol. The second-order valence-electron chi connectivity index (χ2n) is 7.24. The van der Waals surface area contributed by atoms with E-state index in [1.807, 2.05) is 0 Å². The molecule has 0 radical (unpaired) electrons. The van der Waals surface area contributed by atoms with Crippen LogP contribution >= 0.6 is 0 Å². The molecule has 1 saturated carbocycles. The van der Waals surface area contributed by atoms with Crippen LogP contribution in [0, 0.1) is 0 Å². The maximum atomic E-state index is 3.96. The number of hydrogen-bond acceptors (Lipinski definition) is 2. The molecule has 1 aromatic rings. The van der Waals surface area contributed by atoms with Crippen molar-refractivity contribution in [2.24, 2.45) is 0 Å². The lowest BCUT2D eigenvalue weighted by Gasteiger charge is -2.41. The van der Waals surface area contributed by atoms with Crippen molar-refractivity contribution in [1.29, 1.82) is 0 Å². The Balaban J connectivity index is 1.69. The van der Waals surface area contributed by atoms with Crippen LogP contribution in [0.5, 0.6) is 0 Å². The van der Waals surface area contributed by atoms with Gasteiger partial charge in [-0.05, 0) is 44.6 Å². The highest BCUT2D eigenvalue weighted by Gasteiger charge is 2.31. The second-order valence-corrected chi connectivity index (χ2v) is 7.24. The first-order chi connectivity index (χ1) is 10.2. The molecule has 2 atom stereocenters. The van der Waals surface area contributed by atoms with Crippen molar-refractivity contribution in [2.75, 3.05) is 13.1 Å². The van der Waals surface area contributed by atoms with E-state index in [0.29, 0.717) is 18.0 Å². The van der Waals surface area contributed by atoms with Crippen LogP contribution < -0.4 is 5.32 Å². The second kappa shape index (κ2) is 6.93. The third-order valence-corrected chi connectivity index (χ3v) is 5.31. The zero-order valence-corrected chi connectivity index (χ0v) is 13.6. The quantitative estimate of drug-likeness (QED) is 0.906. The van der Waals surface area contributed by atoms with Crippen molar-refractivity contribution in [3.8, 4) is 0 Å². The van der Waals surface area contributed by atoms with Crippen molar-refractivity contribution < 1.29 is 0 Å². The molecule has 2 unspecified atom stereocenters. The van der Waals surface area contributed by atoms with Gasteiger partial charge in [0.15, 0.2) is 0 Å². The Morgan fingerprint density at radius 3 is 2.38 bits per heavy atom. The molecule has 1 aliphatic carbocycles. The van der Waals surface area contributed by atoms with Crippen LogP contribution in [0.25, 0.3) is 0 Å². The Morgan fingerprint density at radius 2 is 1.71 bits per heavy atom. The summed E-state index contributed by atoms with van der Waals surface area (Å²) in [6.45, 7) is 7.10. The highest BCUT2D eigenvalue weighted by molar-refractivity contribution is 5.21. The minimum absolute atomic E-state index is 0.643. The molecule has 0 amide bonds. The topological polar surface area (TPSA) is 15.3 Å². The van der Waals surface area contributed by atoms with Crippen molar-refractivity contribution in [3.05, 3.63) is 35.9 Å². The molecular formula is C19H30N2. The fourth-order valence-corrected chi connectivity index (χ4v) is 4.07. The van der Waals surface area contributed by atoms with E-state index in [1.54, 1.807) is 0 Å². The van der Waals surface area contributed by atoms with Crippen molar-refractivity contribution in [1.82, 2.24) is 10.2 Å². The molecule has 1 N–H and O–H groups in total. The van der Waals surface area contributed by atoms with Gasteiger partial charge in [-0.3, -0.25) is 4.90 Å². The number of likely N-dealkylation sites (tertiary alicyclic amines) is 1.